The molecule has 0 unspecified atom stereocenters. The van der Waals surface area contributed by atoms with Crippen LogP contribution < -0.4 is 5.32 Å². The van der Waals surface area contributed by atoms with Gasteiger partial charge in [0.05, 0.1) is 6.54 Å². The number of hydrogen-bond donors (Lipinski definition) is 1. The highest BCUT2D eigenvalue weighted by molar-refractivity contribution is 7.99. The van der Waals surface area contributed by atoms with Crippen LogP contribution in [0.1, 0.15) is 13.8 Å². The number of thioether (sulfide) groups is 1. The van der Waals surface area contributed by atoms with Gasteiger partial charge in [0, 0.05) is 51.1 Å². The minimum Gasteiger partial charge on any atom is -0.313 e. The third-order valence-corrected chi connectivity index (χ3v) is 4.55. The van der Waals surface area contributed by atoms with E-state index in [1.54, 1.807) is 11.8 Å². The van der Waals surface area contributed by atoms with E-state index in [0.717, 1.165) is 30.5 Å². The lowest BCUT2D eigenvalue weighted by Crippen LogP contribution is -2.45. The lowest BCUT2D eigenvalue weighted by Gasteiger charge is -2.32. The number of tetrazole rings is 1. The molecule has 1 N–H and O–H groups in total. The van der Waals surface area contributed by atoms with Crippen molar-refractivity contribution in [2.24, 2.45) is 0 Å². The maximum Gasteiger partial charge on any atom is 0.209 e. The van der Waals surface area contributed by atoms with E-state index in [2.05, 4.69) is 51.5 Å². The van der Waals surface area contributed by atoms with Gasteiger partial charge in [0.15, 0.2) is 0 Å². The molecule has 0 aromatic carbocycles. The predicted molar refractivity (Wildman–Crippen MR) is 85.6 cm³/mol. The van der Waals surface area contributed by atoms with E-state index in [0.29, 0.717) is 6.04 Å². The Balaban J connectivity index is 1.67. The van der Waals surface area contributed by atoms with Gasteiger partial charge in [-0.3, -0.25) is 4.90 Å². The second-order valence-corrected chi connectivity index (χ2v) is 6.85. The first-order chi connectivity index (χ1) is 10.1. The normalized spacial score (nSPS) is 17.7. The molecule has 120 valence electrons. The van der Waals surface area contributed by atoms with Crippen molar-refractivity contribution >= 4 is 11.8 Å². The molecular formula is C13H27N7S. The molecule has 2 rings (SSSR count). The number of nitrogens with zero attached hydrogens (tertiary/aromatic N) is 6. The van der Waals surface area contributed by atoms with E-state index in [9.17, 15) is 0 Å². The van der Waals surface area contributed by atoms with Gasteiger partial charge in [0.25, 0.3) is 0 Å². The molecule has 0 spiro atoms. The van der Waals surface area contributed by atoms with Crippen LogP contribution in [0.5, 0.6) is 0 Å². The van der Waals surface area contributed by atoms with Gasteiger partial charge in [-0.15, -0.1) is 5.10 Å². The van der Waals surface area contributed by atoms with Crippen LogP contribution in [-0.2, 0) is 6.54 Å². The maximum absolute atomic E-state index is 4.12. The van der Waals surface area contributed by atoms with Crippen LogP contribution in [0, 0.1) is 0 Å². The summed E-state index contributed by atoms with van der Waals surface area (Å²) in [6, 6.07) is 0.495. The molecular weight excluding hydrogens is 286 g/mol. The molecule has 1 aromatic heterocycles. The molecule has 21 heavy (non-hydrogen) atoms. The van der Waals surface area contributed by atoms with E-state index in [1.165, 1.54) is 26.2 Å². The van der Waals surface area contributed by atoms with Crippen molar-refractivity contribution in [2.45, 2.75) is 31.6 Å². The van der Waals surface area contributed by atoms with Gasteiger partial charge < -0.3 is 10.2 Å². The minimum atomic E-state index is 0.495. The fourth-order valence-electron chi connectivity index (χ4n) is 2.24. The molecule has 1 fully saturated rings. The summed E-state index contributed by atoms with van der Waals surface area (Å²) in [5.41, 5.74) is 0. The number of nitrogens with one attached hydrogen (secondary N) is 1. The summed E-state index contributed by atoms with van der Waals surface area (Å²) in [6.07, 6.45) is 0. The Hall–Kier alpha value is -0.700. The summed E-state index contributed by atoms with van der Waals surface area (Å²) >= 11 is 1.75. The molecule has 1 aliphatic rings. The van der Waals surface area contributed by atoms with Crippen LogP contribution in [0.3, 0.4) is 0 Å². The van der Waals surface area contributed by atoms with Crippen molar-refractivity contribution in [2.75, 3.05) is 52.1 Å². The second-order valence-electron chi connectivity index (χ2n) is 5.79. The van der Waals surface area contributed by atoms with Crippen LogP contribution in [0.2, 0.25) is 0 Å². The third-order valence-electron chi connectivity index (χ3n) is 3.61. The molecule has 0 amide bonds. The Morgan fingerprint density at radius 3 is 2.67 bits per heavy atom. The van der Waals surface area contributed by atoms with Gasteiger partial charge in [-0.1, -0.05) is 25.6 Å². The number of hydrogen-bond acceptors (Lipinski definition) is 7. The fraction of sp³-hybridized carbons (Fsp3) is 0.923. The quantitative estimate of drug-likeness (QED) is 0.678. The zero-order valence-electron chi connectivity index (χ0n) is 13.3. The lowest BCUT2D eigenvalue weighted by atomic mass is 10.3. The van der Waals surface area contributed by atoms with Crippen molar-refractivity contribution in [1.29, 1.82) is 0 Å². The molecule has 1 aliphatic heterocycles. The van der Waals surface area contributed by atoms with Gasteiger partial charge in [-0.2, -0.15) is 0 Å². The topological polar surface area (TPSA) is 62.1 Å². The Labute approximate surface area is 131 Å². The van der Waals surface area contributed by atoms with E-state index < -0.39 is 0 Å². The molecule has 0 radical (unpaired) electrons. The van der Waals surface area contributed by atoms with E-state index in [4.69, 9.17) is 0 Å². The molecule has 8 heteroatoms. The summed E-state index contributed by atoms with van der Waals surface area (Å²) in [5.74, 6) is 1.04. The summed E-state index contributed by atoms with van der Waals surface area (Å²) < 4.78 is 1.89. The molecule has 0 bridgehead atoms. The van der Waals surface area contributed by atoms with Crippen molar-refractivity contribution in [3.63, 3.8) is 0 Å². The second kappa shape index (κ2) is 8.67. The summed E-state index contributed by atoms with van der Waals surface area (Å²) in [7, 11) is 2.19. The van der Waals surface area contributed by atoms with Crippen LogP contribution in [0.15, 0.2) is 5.16 Å². The minimum absolute atomic E-state index is 0.495. The first kappa shape index (κ1) is 16.7. The van der Waals surface area contributed by atoms with Crippen molar-refractivity contribution < 1.29 is 0 Å². The SMILES string of the molecule is CC(C)NCCn1nnnc1SCCN1CCN(C)CC1. The van der Waals surface area contributed by atoms with Crippen LogP contribution in [0.25, 0.3) is 0 Å². The molecule has 0 saturated carbocycles. The summed E-state index contributed by atoms with van der Waals surface area (Å²) in [4.78, 5) is 4.90. The standard InChI is InChI=1S/C13H27N7S/c1-12(2)14-4-5-20-13(15-16-17-20)21-11-10-19-8-6-18(3)7-9-19/h12,14H,4-11H2,1-3H3. The van der Waals surface area contributed by atoms with Crippen molar-refractivity contribution in [1.82, 2.24) is 35.3 Å². The molecule has 0 atom stereocenters. The predicted octanol–water partition coefficient (Wildman–Crippen LogP) is 0.0106. The Morgan fingerprint density at radius 2 is 1.95 bits per heavy atom. The zero-order valence-corrected chi connectivity index (χ0v) is 14.1. The zero-order chi connectivity index (χ0) is 15.1. The fourth-order valence-corrected chi connectivity index (χ4v) is 3.14. The number of aromatic nitrogens is 4. The molecule has 0 aliphatic carbocycles. The van der Waals surface area contributed by atoms with Crippen LogP contribution in [0.4, 0.5) is 0 Å². The summed E-state index contributed by atoms with van der Waals surface area (Å²) in [5, 5.41) is 16.3. The maximum atomic E-state index is 4.12. The smallest absolute Gasteiger partial charge is 0.209 e. The highest BCUT2D eigenvalue weighted by Gasteiger charge is 2.14. The average Bonchev–Trinajstić information content (AvgIpc) is 2.88. The Morgan fingerprint density at radius 1 is 1.19 bits per heavy atom. The average molecular weight is 313 g/mol. The molecule has 1 aromatic rings. The number of likely N-dealkylation sites (N-methyl/N-ethyl adjacent to an activating group) is 1. The van der Waals surface area contributed by atoms with E-state index in [1.807, 2.05) is 4.68 Å². The highest BCUT2D eigenvalue weighted by Crippen LogP contribution is 2.13. The van der Waals surface area contributed by atoms with Crippen LogP contribution >= 0.6 is 11.8 Å². The van der Waals surface area contributed by atoms with Gasteiger partial charge in [0.2, 0.25) is 5.16 Å². The molecule has 7 nitrogen and oxygen atoms in total. The largest absolute Gasteiger partial charge is 0.313 e. The van der Waals surface area contributed by atoms with Crippen LogP contribution in [-0.4, -0.2) is 88.1 Å². The van der Waals surface area contributed by atoms with Crippen molar-refractivity contribution in [3.8, 4) is 0 Å². The van der Waals surface area contributed by atoms with Gasteiger partial charge in [-0.25, -0.2) is 4.68 Å². The highest BCUT2D eigenvalue weighted by atomic mass is 32.2. The first-order valence-electron chi connectivity index (χ1n) is 7.68. The summed E-state index contributed by atoms with van der Waals surface area (Å²) in [6.45, 7) is 11.8. The van der Waals surface area contributed by atoms with E-state index >= 15 is 0 Å². The van der Waals surface area contributed by atoms with Gasteiger partial charge >= 0.3 is 0 Å². The van der Waals surface area contributed by atoms with Gasteiger partial charge in [-0.05, 0) is 17.5 Å². The monoisotopic (exact) mass is 313 g/mol. The van der Waals surface area contributed by atoms with Crippen molar-refractivity contribution in [3.05, 3.63) is 0 Å². The molecule has 2 heterocycles. The lowest BCUT2D eigenvalue weighted by molar-refractivity contribution is 0.161. The van der Waals surface area contributed by atoms with E-state index in [-0.39, 0.29) is 0 Å². The number of rotatable bonds is 8. The molecule has 1 saturated heterocycles. The van der Waals surface area contributed by atoms with Gasteiger partial charge in [0.1, 0.15) is 0 Å². The first-order valence-corrected chi connectivity index (χ1v) is 8.67. The third kappa shape index (κ3) is 5.90. The Kier molecular flexibility index (Phi) is 6.88. The Bertz CT molecular complexity index is 401. The number of piperazine rings is 1.